The summed E-state index contributed by atoms with van der Waals surface area (Å²) in [7, 11) is -3.59. The second kappa shape index (κ2) is 8.29. The number of halogens is 1. The van der Waals surface area contributed by atoms with Crippen LogP contribution >= 0.6 is 11.6 Å². The highest BCUT2D eigenvalue weighted by atomic mass is 35.5. The van der Waals surface area contributed by atoms with Crippen molar-refractivity contribution in [3.8, 4) is 0 Å². The molecular weight excluding hydrogens is 360 g/mol. The molecule has 25 heavy (non-hydrogen) atoms. The summed E-state index contributed by atoms with van der Waals surface area (Å²) in [6, 6.07) is 16.1. The van der Waals surface area contributed by atoms with E-state index in [2.05, 4.69) is 9.62 Å². The number of benzene rings is 2. The van der Waals surface area contributed by atoms with Crippen molar-refractivity contribution in [1.29, 1.82) is 0 Å². The first-order chi connectivity index (χ1) is 12.1. The van der Waals surface area contributed by atoms with E-state index >= 15 is 0 Å². The van der Waals surface area contributed by atoms with Crippen LogP contribution in [-0.2, 0) is 14.8 Å². The summed E-state index contributed by atoms with van der Waals surface area (Å²) in [6.45, 7) is 3.18. The summed E-state index contributed by atoms with van der Waals surface area (Å²) < 4.78 is 33.3. The molecule has 134 valence electrons. The van der Waals surface area contributed by atoms with Crippen LogP contribution in [0, 0.1) is 0 Å². The molecule has 1 saturated heterocycles. The van der Waals surface area contributed by atoms with Gasteiger partial charge in [0.15, 0.2) is 0 Å². The first-order valence-corrected chi connectivity index (χ1v) is 10.0. The van der Waals surface area contributed by atoms with Crippen molar-refractivity contribution < 1.29 is 13.2 Å². The average molecular weight is 381 g/mol. The van der Waals surface area contributed by atoms with E-state index in [0.29, 0.717) is 24.8 Å². The number of hydrogen-bond acceptors (Lipinski definition) is 4. The minimum absolute atomic E-state index is 0.0350. The minimum Gasteiger partial charge on any atom is -0.379 e. The van der Waals surface area contributed by atoms with Gasteiger partial charge < -0.3 is 4.74 Å². The molecule has 2 aromatic carbocycles. The minimum atomic E-state index is -3.59. The molecule has 1 atom stereocenters. The fourth-order valence-corrected chi connectivity index (χ4v) is 4.07. The first-order valence-electron chi connectivity index (χ1n) is 8.18. The molecular formula is C18H21ClN2O3S. The molecule has 0 aliphatic carbocycles. The van der Waals surface area contributed by atoms with Gasteiger partial charge in [-0.05, 0) is 29.8 Å². The van der Waals surface area contributed by atoms with Crippen molar-refractivity contribution in [1.82, 2.24) is 9.62 Å². The van der Waals surface area contributed by atoms with Crippen molar-refractivity contribution in [2.24, 2.45) is 0 Å². The third-order valence-electron chi connectivity index (χ3n) is 4.26. The highest BCUT2D eigenvalue weighted by Crippen LogP contribution is 2.22. The SMILES string of the molecule is O=S(=O)(NCC(c1ccccc1)N1CCOCC1)c1ccc(Cl)cc1. The smallest absolute Gasteiger partial charge is 0.240 e. The van der Waals surface area contributed by atoms with Gasteiger partial charge in [-0.15, -0.1) is 0 Å². The zero-order valence-corrected chi connectivity index (χ0v) is 15.3. The van der Waals surface area contributed by atoms with Gasteiger partial charge in [-0.25, -0.2) is 13.1 Å². The predicted molar refractivity (Wildman–Crippen MR) is 98.2 cm³/mol. The number of nitrogens with zero attached hydrogens (tertiary/aromatic N) is 1. The molecule has 0 spiro atoms. The van der Waals surface area contributed by atoms with Gasteiger partial charge in [0.05, 0.1) is 18.1 Å². The van der Waals surface area contributed by atoms with Crippen molar-refractivity contribution in [2.45, 2.75) is 10.9 Å². The lowest BCUT2D eigenvalue weighted by atomic mass is 10.1. The Bertz CT molecular complexity index is 776. The van der Waals surface area contributed by atoms with Crippen molar-refractivity contribution in [3.63, 3.8) is 0 Å². The van der Waals surface area contributed by atoms with Gasteiger partial charge in [-0.3, -0.25) is 4.90 Å². The summed E-state index contributed by atoms with van der Waals surface area (Å²) in [4.78, 5) is 2.47. The average Bonchev–Trinajstić information content (AvgIpc) is 2.64. The van der Waals surface area contributed by atoms with Crippen LogP contribution in [0.5, 0.6) is 0 Å². The number of rotatable bonds is 6. The lowest BCUT2D eigenvalue weighted by molar-refractivity contribution is 0.0172. The van der Waals surface area contributed by atoms with E-state index in [9.17, 15) is 8.42 Å². The number of ether oxygens (including phenoxy) is 1. The van der Waals surface area contributed by atoms with Crippen LogP contribution in [-0.4, -0.2) is 46.2 Å². The molecule has 0 saturated carbocycles. The van der Waals surface area contributed by atoms with E-state index in [1.807, 2.05) is 30.3 Å². The number of hydrogen-bond donors (Lipinski definition) is 1. The lowest BCUT2D eigenvalue weighted by Crippen LogP contribution is -2.43. The van der Waals surface area contributed by atoms with E-state index < -0.39 is 10.0 Å². The normalized spacial score (nSPS) is 17.3. The molecule has 1 aliphatic rings. The van der Waals surface area contributed by atoms with Crippen molar-refractivity contribution >= 4 is 21.6 Å². The van der Waals surface area contributed by atoms with Crippen LogP contribution in [0.15, 0.2) is 59.5 Å². The molecule has 1 N–H and O–H groups in total. The van der Waals surface area contributed by atoms with E-state index in [1.165, 1.54) is 12.1 Å². The number of nitrogens with one attached hydrogen (secondary N) is 1. The van der Waals surface area contributed by atoms with E-state index in [-0.39, 0.29) is 10.9 Å². The highest BCUT2D eigenvalue weighted by molar-refractivity contribution is 7.89. The van der Waals surface area contributed by atoms with E-state index in [4.69, 9.17) is 16.3 Å². The van der Waals surface area contributed by atoms with Crippen LogP contribution in [0.25, 0.3) is 0 Å². The van der Waals surface area contributed by atoms with E-state index in [1.54, 1.807) is 12.1 Å². The maximum Gasteiger partial charge on any atom is 0.240 e. The Labute approximate surface area is 153 Å². The van der Waals surface area contributed by atoms with Crippen molar-refractivity contribution in [3.05, 3.63) is 65.2 Å². The largest absolute Gasteiger partial charge is 0.379 e. The molecule has 0 aromatic heterocycles. The molecule has 1 unspecified atom stereocenters. The Morgan fingerprint density at radius 1 is 1.04 bits per heavy atom. The summed E-state index contributed by atoms with van der Waals surface area (Å²) in [6.07, 6.45) is 0. The Morgan fingerprint density at radius 3 is 2.32 bits per heavy atom. The summed E-state index contributed by atoms with van der Waals surface area (Å²) in [5.74, 6) is 0. The van der Waals surface area contributed by atoms with Crippen LogP contribution < -0.4 is 4.72 Å². The van der Waals surface area contributed by atoms with Gasteiger partial charge in [-0.2, -0.15) is 0 Å². The summed E-state index contributed by atoms with van der Waals surface area (Å²) >= 11 is 5.84. The first kappa shape index (κ1) is 18.4. The molecule has 7 heteroatoms. The molecule has 1 aliphatic heterocycles. The van der Waals surface area contributed by atoms with Gasteiger partial charge in [0.1, 0.15) is 0 Å². The van der Waals surface area contributed by atoms with E-state index in [0.717, 1.165) is 18.7 Å². The zero-order chi connectivity index (χ0) is 17.7. The molecule has 5 nitrogen and oxygen atoms in total. The van der Waals surface area contributed by atoms with Crippen LogP contribution in [0.1, 0.15) is 11.6 Å². The van der Waals surface area contributed by atoms with Crippen molar-refractivity contribution in [2.75, 3.05) is 32.8 Å². The fourth-order valence-electron chi connectivity index (χ4n) is 2.91. The Hall–Kier alpha value is -1.44. The van der Waals surface area contributed by atoms with Gasteiger partial charge in [0, 0.05) is 30.7 Å². The zero-order valence-electron chi connectivity index (χ0n) is 13.8. The molecule has 3 rings (SSSR count). The molecule has 0 bridgehead atoms. The van der Waals surface area contributed by atoms with Crippen LogP contribution in [0.3, 0.4) is 0 Å². The Morgan fingerprint density at radius 2 is 1.68 bits per heavy atom. The number of sulfonamides is 1. The van der Waals surface area contributed by atoms with Gasteiger partial charge in [-0.1, -0.05) is 41.9 Å². The van der Waals surface area contributed by atoms with Gasteiger partial charge in [0.2, 0.25) is 10.0 Å². The predicted octanol–water partition coefficient (Wildman–Crippen LogP) is 2.69. The molecule has 1 fully saturated rings. The fraction of sp³-hybridized carbons (Fsp3) is 0.333. The molecule has 1 heterocycles. The molecule has 0 amide bonds. The van der Waals surface area contributed by atoms with Crippen LogP contribution in [0.2, 0.25) is 5.02 Å². The maximum atomic E-state index is 12.6. The molecule has 2 aromatic rings. The lowest BCUT2D eigenvalue weighted by Gasteiger charge is -2.34. The third-order valence-corrected chi connectivity index (χ3v) is 5.95. The second-order valence-corrected chi connectivity index (χ2v) is 8.08. The maximum absolute atomic E-state index is 12.6. The summed E-state index contributed by atoms with van der Waals surface area (Å²) in [5, 5.41) is 0.509. The van der Waals surface area contributed by atoms with Gasteiger partial charge >= 0.3 is 0 Å². The second-order valence-electron chi connectivity index (χ2n) is 5.88. The third kappa shape index (κ3) is 4.80. The monoisotopic (exact) mass is 380 g/mol. The Balaban J connectivity index is 1.77. The Kier molecular flexibility index (Phi) is 6.09. The summed E-state index contributed by atoms with van der Waals surface area (Å²) in [5.41, 5.74) is 1.09. The topological polar surface area (TPSA) is 58.6 Å². The highest BCUT2D eigenvalue weighted by Gasteiger charge is 2.24. The molecule has 0 radical (unpaired) electrons. The van der Waals surface area contributed by atoms with Crippen LogP contribution in [0.4, 0.5) is 0 Å². The van der Waals surface area contributed by atoms with Gasteiger partial charge in [0.25, 0.3) is 0 Å². The standard InChI is InChI=1S/C18H21ClN2O3S/c19-16-6-8-17(9-7-16)25(22,23)20-14-18(15-4-2-1-3-5-15)21-10-12-24-13-11-21/h1-9,18,20H,10-14H2. The quantitative estimate of drug-likeness (QED) is 0.837. The number of morpholine rings is 1.